The molecule has 0 radical (unpaired) electrons. The lowest BCUT2D eigenvalue weighted by Crippen LogP contribution is -2.32. The topological polar surface area (TPSA) is 0 Å². The van der Waals surface area contributed by atoms with Crippen LogP contribution in [0, 0.1) is 35.5 Å². The molecule has 0 bridgehead atoms. The Bertz CT molecular complexity index is 310. The molecular formula is C20H35F. The molecule has 3 aliphatic rings. The van der Waals surface area contributed by atoms with E-state index in [0.29, 0.717) is 5.92 Å². The molecule has 3 unspecified atom stereocenters. The van der Waals surface area contributed by atoms with Crippen LogP contribution in [0.3, 0.4) is 0 Å². The lowest BCUT2D eigenvalue weighted by atomic mass is 9.65. The summed E-state index contributed by atoms with van der Waals surface area (Å²) in [5.41, 5.74) is 0. The molecule has 0 nitrogen and oxygen atoms in total. The van der Waals surface area contributed by atoms with Crippen LogP contribution in [0.4, 0.5) is 4.39 Å². The zero-order chi connectivity index (χ0) is 14.8. The third kappa shape index (κ3) is 3.82. The summed E-state index contributed by atoms with van der Waals surface area (Å²) in [7, 11) is 0. The van der Waals surface area contributed by atoms with Crippen molar-refractivity contribution in [3.05, 3.63) is 0 Å². The van der Waals surface area contributed by atoms with Crippen LogP contribution in [0.2, 0.25) is 0 Å². The van der Waals surface area contributed by atoms with Crippen LogP contribution in [-0.4, -0.2) is 6.17 Å². The molecule has 3 rings (SSSR count). The van der Waals surface area contributed by atoms with Gasteiger partial charge >= 0.3 is 0 Å². The highest BCUT2D eigenvalue weighted by Crippen LogP contribution is 2.46. The molecule has 0 amide bonds. The third-order valence-corrected chi connectivity index (χ3v) is 7.32. The van der Waals surface area contributed by atoms with E-state index >= 15 is 0 Å². The van der Waals surface area contributed by atoms with Gasteiger partial charge in [-0.2, -0.15) is 0 Å². The molecule has 122 valence electrons. The van der Waals surface area contributed by atoms with Gasteiger partial charge in [0.25, 0.3) is 0 Å². The van der Waals surface area contributed by atoms with E-state index in [4.69, 9.17) is 0 Å². The van der Waals surface area contributed by atoms with Gasteiger partial charge in [0.2, 0.25) is 0 Å². The molecule has 1 heteroatoms. The van der Waals surface area contributed by atoms with Crippen LogP contribution in [-0.2, 0) is 0 Å². The van der Waals surface area contributed by atoms with Gasteiger partial charge in [-0.15, -0.1) is 0 Å². The van der Waals surface area contributed by atoms with Gasteiger partial charge in [0, 0.05) is 0 Å². The lowest BCUT2D eigenvalue weighted by molar-refractivity contribution is 0.0730. The summed E-state index contributed by atoms with van der Waals surface area (Å²) in [4.78, 5) is 0. The molecule has 21 heavy (non-hydrogen) atoms. The van der Waals surface area contributed by atoms with Gasteiger partial charge in [-0.25, -0.2) is 4.39 Å². The SMILES string of the molecule is CC1CCC(C2CCC(C3CCC(F)C(C)C3)CC2)CC1. The molecule has 0 aromatic heterocycles. The largest absolute Gasteiger partial charge is 0.247 e. The second-order valence-electron chi connectivity index (χ2n) is 8.76. The van der Waals surface area contributed by atoms with Crippen molar-refractivity contribution in [3.8, 4) is 0 Å². The van der Waals surface area contributed by atoms with Crippen molar-refractivity contribution in [2.75, 3.05) is 0 Å². The van der Waals surface area contributed by atoms with Crippen molar-refractivity contribution in [2.24, 2.45) is 35.5 Å². The Morgan fingerprint density at radius 3 is 1.52 bits per heavy atom. The maximum atomic E-state index is 13.7. The van der Waals surface area contributed by atoms with E-state index in [0.717, 1.165) is 42.4 Å². The van der Waals surface area contributed by atoms with E-state index in [1.165, 1.54) is 57.8 Å². The molecule has 0 saturated heterocycles. The molecule has 3 saturated carbocycles. The van der Waals surface area contributed by atoms with Crippen LogP contribution in [0.5, 0.6) is 0 Å². The first-order valence-electron chi connectivity index (χ1n) is 9.77. The van der Waals surface area contributed by atoms with Gasteiger partial charge in [-0.1, -0.05) is 26.7 Å². The molecule has 0 heterocycles. The van der Waals surface area contributed by atoms with Crippen molar-refractivity contribution in [1.29, 1.82) is 0 Å². The zero-order valence-electron chi connectivity index (χ0n) is 14.2. The standard InChI is InChI=1S/C20H35F/c1-14-3-5-16(6-4-14)17-7-9-18(10-8-17)19-11-12-20(21)15(2)13-19/h14-20H,3-13H2,1-2H3. The van der Waals surface area contributed by atoms with Crippen LogP contribution >= 0.6 is 0 Å². The van der Waals surface area contributed by atoms with Crippen molar-refractivity contribution >= 4 is 0 Å². The maximum absolute atomic E-state index is 13.7. The summed E-state index contributed by atoms with van der Waals surface area (Å²) in [5, 5.41) is 0. The Labute approximate surface area is 131 Å². The predicted octanol–water partition coefficient (Wildman–Crippen LogP) is 6.39. The molecule has 0 aromatic rings. The van der Waals surface area contributed by atoms with E-state index in [-0.39, 0.29) is 0 Å². The van der Waals surface area contributed by atoms with Crippen LogP contribution in [0.25, 0.3) is 0 Å². The highest BCUT2D eigenvalue weighted by molar-refractivity contribution is 4.86. The van der Waals surface area contributed by atoms with Crippen molar-refractivity contribution < 1.29 is 4.39 Å². The van der Waals surface area contributed by atoms with Gasteiger partial charge in [-0.05, 0) is 93.3 Å². The average Bonchev–Trinajstić information content (AvgIpc) is 2.51. The molecule has 0 aromatic carbocycles. The number of alkyl halides is 1. The average molecular weight is 294 g/mol. The summed E-state index contributed by atoms with van der Waals surface area (Å²) < 4.78 is 13.7. The minimum Gasteiger partial charge on any atom is -0.247 e. The quantitative estimate of drug-likeness (QED) is 0.553. The minimum atomic E-state index is -0.512. The zero-order valence-corrected chi connectivity index (χ0v) is 14.2. The highest BCUT2D eigenvalue weighted by atomic mass is 19.1. The van der Waals surface area contributed by atoms with Gasteiger partial charge in [0.15, 0.2) is 0 Å². The van der Waals surface area contributed by atoms with E-state index in [2.05, 4.69) is 13.8 Å². The number of halogens is 1. The van der Waals surface area contributed by atoms with Crippen LogP contribution in [0.15, 0.2) is 0 Å². The monoisotopic (exact) mass is 294 g/mol. The van der Waals surface area contributed by atoms with Crippen molar-refractivity contribution in [2.45, 2.75) is 90.6 Å². The fourth-order valence-corrected chi connectivity index (χ4v) is 5.67. The Kier molecular flexibility index (Phi) is 5.27. The van der Waals surface area contributed by atoms with E-state index in [1.807, 2.05) is 0 Å². The summed E-state index contributed by atoms with van der Waals surface area (Å²) >= 11 is 0. The number of hydrogen-bond donors (Lipinski definition) is 0. The maximum Gasteiger partial charge on any atom is 0.103 e. The van der Waals surface area contributed by atoms with E-state index < -0.39 is 6.17 Å². The van der Waals surface area contributed by atoms with E-state index in [1.54, 1.807) is 0 Å². The molecule has 0 spiro atoms. The summed E-state index contributed by atoms with van der Waals surface area (Å²) in [6.45, 7) is 4.56. The van der Waals surface area contributed by atoms with Crippen LogP contribution in [0.1, 0.15) is 84.5 Å². The molecular weight excluding hydrogens is 259 g/mol. The Hall–Kier alpha value is -0.0700. The number of hydrogen-bond acceptors (Lipinski definition) is 0. The normalized spacial score (nSPS) is 49.0. The summed E-state index contributed by atoms with van der Waals surface area (Å²) in [6, 6.07) is 0. The molecule has 3 fully saturated rings. The summed E-state index contributed by atoms with van der Waals surface area (Å²) in [5.74, 6) is 5.15. The predicted molar refractivity (Wildman–Crippen MR) is 88.0 cm³/mol. The number of rotatable bonds is 2. The van der Waals surface area contributed by atoms with Crippen LogP contribution < -0.4 is 0 Å². The van der Waals surface area contributed by atoms with Gasteiger partial charge < -0.3 is 0 Å². The van der Waals surface area contributed by atoms with Gasteiger partial charge in [0.1, 0.15) is 6.17 Å². The lowest BCUT2D eigenvalue weighted by Gasteiger charge is -2.41. The first kappa shape index (κ1) is 15.8. The first-order chi connectivity index (χ1) is 10.1. The summed E-state index contributed by atoms with van der Waals surface area (Å²) in [6.07, 6.45) is 14.5. The molecule has 3 atom stereocenters. The van der Waals surface area contributed by atoms with Crippen molar-refractivity contribution in [3.63, 3.8) is 0 Å². The smallest absolute Gasteiger partial charge is 0.103 e. The second kappa shape index (κ2) is 7.01. The fourth-order valence-electron chi connectivity index (χ4n) is 5.67. The fraction of sp³-hybridized carbons (Fsp3) is 1.00. The van der Waals surface area contributed by atoms with Gasteiger partial charge in [-0.3, -0.25) is 0 Å². The highest BCUT2D eigenvalue weighted by Gasteiger charge is 2.36. The Morgan fingerprint density at radius 1 is 0.571 bits per heavy atom. The Morgan fingerprint density at radius 2 is 1.00 bits per heavy atom. The minimum absolute atomic E-state index is 0.321. The van der Waals surface area contributed by atoms with E-state index in [9.17, 15) is 4.39 Å². The Balaban J connectivity index is 1.45. The second-order valence-corrected chi connectivity index (χ2v) is 8.76. The molecule has 3 aliphatic carbocycles. The molecule has 0 aliphatic heterocycles. The van der Waals surface area contributed by atoms with Gasteiger partial charge in [0.05, 0.1) is 0 Å². The molecule has 0 N–H and O–H groups in total. The first-order valence-corrected chi connectivity index (χ1v) is 9.77. The third-order valence-electron chi connectivity index (χ3n) is 7.32. The van der Waals surface area contributed by atoms with Crippen molar-refractivity contribution in [1.82, 2.24) is 0 Å².